The van der Waals surface area contributed by atoms with Crippen molar-refractivity contribution in [2.24, 2.45) is 0 Å². The van der Waals surface area contributed by atoms with Gasteiger partial charge in [0, 0.05) is 18.7 Å². The molecule has 174 valence electrons. The highest BCUT2D eigenvalue weighted by molar-refractivity contribution is 7.89. The van der Waals surface area contributed by atoms with Gasteiger partial charge in [-0.05, 0) is 60.9 Å². The SMILES string of the molecule is CCS(=O)(=O)N1CC=C(c2ccc3[nH]c(-c4ccc(OCc5ccccc5)cc4)nc3n2)CC1. The topological polar surface area (TPSA) is 88.2 Å². The number of nitrogens with one attached hydrogen (secondary N) is 1. The first-order chi connectivity index (χ1) is 16.5. The Morgan fingerprint density at radius 1 is 1.00 bits per heavy atom. The smallest absolute Gasteiger partial charge is 0.214 e. The summed E-state index contributed by atoms with van der Waals surface area (Å²) in [6, 6.07) is 21.8. The minimum Gasteiger partial charge on any atom is -0.489 e. The lowest BCUT2D eigenvalue weighted by atomic mass is 10.1. The Bertz CT molecular complexity index is 1430. The molecule has 34 heavy (non-hydrogen) atoms. The number of aromatic amines is 1. The van der Waals surface area contributed by atoms with Gasteiger partial charge >= 0.3 is 0 Å². The maximum Gasteiger partial charge on any atom is 0.214 e. The van der Waals surface area contributed by atoms with Gasteiger partial charge < -0.3 is 9.72 Å². The molecule has 0 bridgehead atoms. The highest BCUT2D eigenvalue weighted by Gasteiger charge is 2.23. The van der Waals surface area contributed by atoms with Crippen LogP contribution in [0.2, 0.25) is 0 Å². The fourth-order valence-corrected chi connectivity index (χ4v) is 5.01. The molecule has 3 heterocycles. The van der Waals surface area contributed by atoms with Gasteiger partial charge in [0.2, 0.25) is 10.0 Å². The Hall–Kier alpha value is -3.49. The number of aromatic nitrogens is 3. The summed E-state index contributed by atoms with van der Waals surface area (Å²) in [5, 5.41) is 0. The van der Waals surface area contributed by atoms with E-state index in [1.807, 2.05) is 72.8 Å². The zero-order valence-electron chi connectivity index (χ0n) is 18.9. The van der Waals surface area contributed by atoms with E-state index in [2.05, 4.69) is 9.97 Å². The Balaban J connectivity index is 1.30. The van der Waals surface area contributed by atoms with E-state index >= 15 is 0 Å². The van der Waals surface area contributed by atoms with Crippen LogP contribution in [0.25, 0.3) is 28.1 Å². The van der Waals surface area contributed by atoms with Crippen molar-refractivity contribution < 1.29 is 13.2 Å². The third-order valence-electron chi connectivity index (χ3n) is 5.98. The molecule has 4 aromatic rings. The number of pyridine rings is 1. The van der Waals surface area contributed by atoms with Crippen LogP contribution in [0.15, 0.2) is 72.8 Å². The number of nitrogens with zero attached hydrogens (tertiary/aromatic N) is 3. The van der Waals surface area contributed by atoms with Crippen LogP contribution in [0.3, 0.4) is 0 Å². The molecule has 0 aliphatic carbocycles. The number of ether oxygens (including phenoxy) is 1. The van der Waals surface area contributed by atoms with Crippen molar-refractivity contribution in [2.75, 3.05) is 18.8 Å². The highest BCUT2D eigenvalue weighted by Crippen LogP contribution is 2.26. The summed E-state index contributed by atoms with van der Waals surface area (Å²) >= 11 is 0. The molecule has 0 spiro atoms. The van der Waals surface area contributed by atoms with Gasteiger partial charge in [-0.25, -0.2) is 18.4 Å². The van der Waals surface area contributed by atoms with Crippen molar-refractivity contribution in [2.45, 2.75) is 20.0 Å². The molecule has 0 unspecified atom stereocenters. The molecule has 2 aromatic heterocycles. The molecule has 0 fully saturated rings. The lowest BCUT2D eigenvalue weighted by Crippen LogP contribution is -2.35. The summed E-state index contributed by atoms with van der Waals surface area (Å²) in [5.74, 6) is 1.66. The Labute approximate surface area is 199 Å². The molecule has 8 heteroatoms. The molecule has 0 atom stereocenters. The largest absolute Gasteiger partial charge is 0.489 e. The van der Waals surface area contributed by atoms with E-state index in [4.69, 9.17) is 9.72 Å². The third-order valence-corrected chi connectivity index (χ3v) is 7.83. The van der Waals surface area contributed by atoms with Crippen molar-refractivity contribution in [1.29, 1.82) is 0 Å². The highest BCUT2D eigenvalue weighted by atomic mass is 32.2. The maximum absolute atomic E-state index is 12.1. The van der Waals surface area contributed by atoms with Gasteiger partial charge in [0.25, 0.3) is 0 Å². The normalized spacial score (nSPS) is 14.8. The number of sulfonamides is 1. The van der Waals surface area contributed by atoms with Crippen molar-refractivity contribution in [3.8, 4) is 17.1 Å². The van der Waals surface area contributed by atoms with Crippen molar-refractivity contribution in [3.05, 3.63) is 84.1 Å². The van der Waals surface area contributed by atoms with Crippen LogP contribution in [-0.4, -0.2) is 46.5 Å². The molecule has 0 radical (unpaired) electrons. The van der Waals surface area contributed by atoms with Gasteiger partial charge in [0.05, 0.1) is 17.0 Å². The van der Waals surface area contributed by atoms with Crippen LogP contribution in [0.5, 0.6) is 5.75 Å². The van der Waals surface area contributed by atoms with Crippen LogP contribution >= 0.6 is 0 Å². The van der Waals surface area contributed by atoms with E-state index in [9.17, 15) is 8.42 Å². The summed E-state index contributed by atoms with van der Waals surface area (Å²) in [4.78, 5) is 12.8. The number of hydrogen-bond acceptors (Lipinski definition) is 5. The quantitative estimate of drug-likeness (QED) is 0.421. The molecule has 1 aliphatic heterocycles. The van der Waals surface area contributed by atoms with E-state index in [0.29, 0.717) is 31.8 Å². The first kappa shape index (κ1) is 22.3. The van der Waals surface area contributed by atoms with Crippen LogP contribution in [0.1, 0.15) is 24.6 Å². The van der Waals surface area contributed by atoms with Crippen molar-refractivity contribution in [3.63, 3.8) is 0 Å². The molecule has 1 aliphatic rings. The summed E-state index contributed by atoms with van der Waals surface area (Å²) in [6.45, 7) is 3.06. The Morgan fingerprint density at radius 2 is 1.79 bits per heavy atom. The van der Waals surface area contributed by atoms with E-state index in [1.54, 1.807) is 6.92 Å². The van der Waals surface area contributed by atoms with Crippen LogP contribution in [0, 0.1) is 0 Å². The number of H-pyrrole nitrogens is 1. The summed E-state index contributed by atoms with van der Waals surface area (Å²) in [7, 11) is -3.17. The summed E-state index contributed by atoms with van der Waals surface area (Å²) < 4.78 is 31.6. The lowest BCUT2D eigenvalue weighted by molar-refractivity contribution is 0.306. The predicted molar refractivity (Wildman–Crippen MR) is 134 cm³/mol. The minimum atomic E-state index is -3.17. The second kappa shape index (κ2) is 9.40. The molecular formula is C26H26N4O3S. The molecule has 5 rings (SSSR count). The second-order valence-electron chi connectivity index (χ2n) is 8.19. The van der Waals surface area contributed by atoms with E-state index < -0.39 is 10.0 Å². The summed E-state index contributed by atoms with van der Waals surface area (Å²) in [6.07, 6.45) is 2.59. The first-order valence-corrected chi connectivity index (χ1v) is 12.9. The fourth-order valence-electron chi connectivity index (χ4n) is 3.98. The van der Waals surface area contributed by atoms with Gasteiger partial charge in [-0.1, -0.05) is 36.4 Å². The number of imidazole rings is 1. The van der Waals surface area contributed by atoms with Gasteiger partial charge in [0.1, 0.15) is 18.2 Å². The molecule has 1 N–H and O–H groups in total. The average Bonchev–Trinajstić information content (AvgIpc) is 3.32. The lowest BCUT2D eigenvalue weighted by Gasteiger charge is -2.25. The zero-order valence-corrected chi connectivity index (χ0v) is 19.8. The Morgan fingerprint density at radius 3 is 2.50 bits per heavy atom. The minimum absolute atomic E-state index is 0.122. The van der Waals surface area contributed by atoms with E-state index in [0.717, 1.165) is 39.5 Å². The first-order valence-electron chi connectivity index (χ1n) is 11.3. The van der Waals surface area contributed by atoms with E-state index in [-0.39, 0.29) is 5.75 Å². The van der Waals surface area contributed by atoms with Crippen molar-refractivity contribution >= 4 is 26.8 Å². The molecule has 0 saturated heterocycles. The van der Waals surface area contributed by atoms with Crippen LogP contribution in [0.4, 0.5) is 0 Å². The third kappa shape index (κ3) is 4.73. The van der Waals surface area contributed by atoms with Gasteiger partial charge in [0.15, 0.2) is 5.65 Å². The van der Waals surface area contributed by atoms with Crippen LogP contribution in [-0.2, 0) is 16.6 Å². The van der Waals surface area contributed by atoms with Gasteiger partial charge in [-0.15, -0.1) is 0 Å². The monoisotopic (exact) mass is 474 g/mol. The number of fused-ring (bicyclic) bond motifs is 1. The van der Waals surface area contributed by atoms with Crippen LogP contribution < -0.4 is 4.74 Å². The number of hydrogen-bond donors (Lipinski definition) is 1. The molecule has 7 nitrogen and oxygen atoms in total. The number of rotatable bonds is 7. The maximum atomic E-state index is 12.1. The van der Waals surface area contributed by atoms with Gasteiger partial charge in [-0.3, -0.25) is 0 Å². The molecular weight excluding hydrogens is 448 g/mol. The standard InChI is InChI=1S/C26H26N4O3S/c1-2-34(31,32)30-16-14-20(15-17-30)23-12-13-24-26(27-23)29-25(28-24)21-8-10-22(11-9-21)33-18-19-6-4-3-5-7-19/h3-14H,2,15-18H2,1H3,(H,27,28,29). The van der Waals surface area contributed by atoms with E-state index in [1.165, 1.54) is 4.31 Å². The van der Waals surface area contributed by atoms with Crippen molar-refractivity contribution in [1.82, 2.24) is 19.3 Å². The zero-order chi connectivity index (χ0) is 23.5. The second-order valence-corrected chi connectivity index (χ2v) is 10.4. The Kier molecular flexibility index (Phi) is 6.17. The molecule has 0 amide bonds. The predicted octanol–water partition coefficient (Wildman–Crippen LogP) is 4.64. The average molecular weight is 475 g/mol. The summed E-state index contributed by atoms with van der Waals surface area (Å²) in [5.41, 5.74) is 5.45. The molecule has 0 saturated carbocycles. The van der Waals surface area contributed by atoms with Gasteiger partial charge in [-0.2, -0.15) is 4.31 Å². The molecule has 2 aromatic carbocycles. The fraction of sp³-hybridized carbons (Fsp3) is 0.231. The number of benzene rings is 2.